The Balaban J connectivity index is 0.000000451. The topological polar surface area (TPSA) is 107 Å². The van der Waals surface area contributed by atoms with Crippen LogP contribution >= 0.6 is 0 Å². The molecule has 1 fully saturated rings. The van der Waals surface area contributed by atoms with Gasteiger partial charge in [0.15, 0.2) is 0 Å². The third-order valence-corrected chi connectivity index (χ3v) is 4.76. The van der Waals surface area contributed by atoms with Crippen LogP contribution < -0.4 is 10.2 Å². The first-order valence-corrected chi connectivity index (χ1v) is 9.78. The average Bonchev–Trinajstić information content (AvgIpc) is 2.74. The summed E-state index contributed by atoms with van der Waals surface area (Å²) in [5.74, 6) is -3.44. The van der Waals surface area contributed by atoms with Crippen LogP contribution in [0.25, 0.3) is 0 Å². The Kier molecular flexibility index (Phi) is 8.22. The lowest BCUT2D eigenvalue weighted by atomic mass is 9.98. The van der Waals surface area contributed by atoms with Crippen molar-refractivity contribution in [3.05, 3.63) is 59.7 Å². The molecule has 0 spiro atoms. The molecule has 1 atom stereocenters. The highest BCUT2D eigenvalue weighted by molar-refractivity contribution is 6.05. The van der Waals surface area contributed by atoms with Crippen molar-refractivity contribution in [2.24, 2.45) is 5.92 Å². The number of halogens is 3. The van der Waals surface area contributed by atoms with E-state index in [1.165, 1.54) is 12.5 Å². The second-order valence-electron chi connectivity index (χ2n) is 7.35. The highest BCUT2D eigenvalue weighted by atomic mass is 19.4. The fourth-order valence-corrected chi connectivity index (χ4v) is 3.26. The average molecular weight is 452 g/mol. The number of rotatable bonds is 4. The van der Waals surface area contributed by atoms with Crippen LogP contribution in [0.4, 0.5) is 24.5 Å². The predicted molar refractivity (Wildman–Crippen MR) is 112 cm³/mol. The number of piperidine rings is 1. The molecule has 2 aromatic rings. The Bertz CT molecular complexity index is 964. The number of aliphatic carboxylic acids is 1. The van der Waals surface area contributed by atoms with Crippen LogP contribution in [0, 0.1) is 5.92 Å². The first kappa shape index (κ1) is 24.7. The molecule has 1 aliphatic heterocycles. The van der Waals surface area contributed by atoms with Crippen molar-refractivity contribution in [3.8, 4) is 0 Å². The molecule has 3 N–H and O–H groups in total. The standard InChI is InChI=1S/C20H22N2O3.C2HF3O2/c1-14-6-5-11-22(13-14)18-10-9-16(12-17(18)20(24)25)21-19(23)15-7-3-2-4-8-15;3-2(4,5)1(6)7/h2-4,7-10,12,14H,5-6,11,13H2,1H3,(H,21,23)(H,24,25);(H,6,7). The number of alkyl halides is 3. The van der Waals surface area contributed by atoms with E-state index >= 15 is 0 Å². The van der Waals surface area contributed by atoms with Crippen LogP contribution in [0.3, 0.4) is 0 Å². The Hall–Kier alpha value is -3.56. The summed E-state index contributed by atoms with van der Waals surface area (Å²) < 4.78 is 31.7. The van der Waals surface area contributed by atoms with Gasteiger partial charge < -0.3 is 20.4 Å². The van der Waals surface area contributed by atoms with Gasteiger partial charge in [0, 0.05) is 24.3 Å². The van der Waals surface area contributed by atoms with Crippen molar-refractivity contribution in [1.29, 1.82) is 0 Å². The number of nitrogens with one attached hydrogen (secondary N) is 1. The molecule has 3 rings (SSSR count). The van der Waals surface area contributed by atoms with Crippen LogP contribution in [-0.4, -0.2) is 47.3 Å². The number of amides is 1. The first-order valence-electron chi connectivity index (χ1n) is 9.78. The quantitative estimate of drug-likeness (QED) is 0.630. The molecular formula is C22H23F3N2O5. The van der Waals surface area contributed by atoms with Gasteiger partial charge in [0.05, 0.1) is 11.3 Å². The lowest BCUT2D eigenvalue weighted by Gasteiger charge is -2.33. The van der Waals surface area contributed by atoms with Crippen LogP contribution in [0.15, 0.2) is 48.5 Å². The van der Waals surface area contributed by atoms with Gasteiger partial charge in [-0.1, -0.05) is 25.1 Å². The van der Waals surface area contributed by atoms with Crippen molar-refractivity contribution >= 4 is 29.2 Å². The summed E-state index contributed by atoms with van der Waals surface area (Å²) in [7, 11) is 0. The smallest absolute Gasteiger partial charge is 0.478 e. The van der Waals surface area contributed by atoms with Gasteiger partial charge in [0.25, 0.3) is 5.91 Å². The van der Waals surface area contributed by atoms with Gasteiger partial charge in [0.1, 0.15) is 0 Å². The van der Waals surface area contributed by atoms with Crippen LogP contribution in [-0.2, 0) is 4.79 Å². The number of carbonyl (C=O) groups excluding carboxylic acids is 1. The van der Waals surface area contributed by atoms with Gasteiger partial charge in [-0.3, -0.25) is 4.79 Å². The first-order chi connectivity index (χ1) is 15.0. The van der Waals surface area contributed by atoms with Crippen molar-refractivity contribution < 1.29 is 37.8 Å². The van der Waals surface area contributed by atoms with Gasteiger partial charge >= 0.3 is 18.1 Å². The fourth-order valence-electron chi connectivity index (χ4n) is 3.26. The molecule has 2 aromatic carbocycles. The van der Waals surface area contributed by atoms with E-state index in [9.17, 15) is 27.9 Å². The van der Waals surface area contributed by atoms with E-state index in [0.29, 0.717) is 17.2 Å². The molecule has 0 saturated carbocycles. The minimum atomic E-state index is -5.08. The SMILES string of the molecule is CC1CCCN(c2ccc(NC(=O)c3ccccc3)cc2C(=O)O)C1.O=C(O)C(F)(F)F. The lowest BCUT2D eigenvalue weighted by Crippen LogP contribution is -2.35. The molecule has 1 heterocycles. The van der Waals surface area contributed by atoms with Crippen molar-refractivity contribution in [2.45, 2.75) is 25.9 Å². The minimum Gasteiger partial charge on any atom is -0.478 e. The van der Waals surface area contributed by atoms with E-state index in [4.69, 9.17) is 9.90 Å². The molecular weight excluding hydrogens is 429 g/mol. The third kappa shape index (κ3) is 7.00. The molecule has 1 saturated heterocycles. The Morgan fingerprint density at radius 3 is 2.22 bits per heavy atom. The van der Waals surface area contributed by atoms with Crippen molar-refractivity contribution in [1.82, 2.24) is 0 Å². The zero-order valence-corrected chi connectivity index (χ0v) is 17.2. The Morgan fingerprint density at radius 1 is 1.06 bits per heavy atom. The number of carbonyl (C=O) groups is 3. The molecule has 10 heteroatoms. The summed E-state index contributed by atoms with van der Waals surface area (Å²) in [6, 6.07) is 14.0. The molecule has 172 valence electrons. The maximum absolute atomic E-state index is 12.3. The molecule has 0 aliphatic carbocycles. The maximum atomic E-state index is 12.3. The summed E-state index contributed by atoms with van der Waals surface area (Å²) >= 11 is 0. The second-order valence-corrected chi connectivity index (χ2v) is 7.35. The molecule has 7 nitrogen and oxygen atoms in total. The van der Waals surface area contributed by atoms with E-state index in [1.54, 1.807) is 36.4 Å². The summed E-state index contributed by atoms with van der Waals surface area (Å²) in [6.07, 6.45) is -2.85. The van der Waals surface area contributed by atoms with E-state index in [-0.39, 0.29) is 11.5 Å². The Labute approximate surface area is 182 Å². The lowest BCUT2D eigenvalue weighted by molar-refractivity contribution is -0.192. The van der Waals surface area contributed by atoms with Gasteiger partial charge in [0.2, 0.25) is 0 Å². The van der Waals surface area contributed by atoms with Crippen LogP contribution in [0.5, 0.6) is 0 Å². The zero-order chi connectivity index (χ0) is 23.9. The number of carboxylic acid groups (broad SMARTS) is 2. The second kappa shape index (κ2) is 10.7. The molecule has 1 aliphatic rings. The fraction of sp³-hybridized carbons (Fsp3) is 0.318. The Morgan fingerprint density at radius 2 is 1.69 bits per heavy atom. The number of hydrogen-bond acceptors (Lipinski definition) is 4. The molecule has 1 amide bonds. The molecule has 0 radical (unpaired) electrons. The molecule has 0 bridgehead atoms. The third-order valence-electron chi connectivity index (χ3n) is 4.76. The summed E-state index contributed by atoms with van der Waals surface area (Å²) in [5, 5.41) is 19.5. The largest absolute Gasteiger partial charge is 0.490 e. The van der Waals surface area contributed by atoms with Crippen molar-refractivity contribution in [2.75, 3.05) is 23.3 Å². The number of nitrogens with zero attached hydrogens (tertiary/aromatic N) is 1. The molecule has 1 unspecified atom stereocenters. The van der Waals surface area contributed by atoms with Gasteiger partial charge in [-0.15, -0.1) is 0 Å². The number of carboxylic acids is 2. The predicted octanol–water partition coefficient (Wildman–Crippen LogP) is 4.51. The van der Waals surface area contributed by atoms with Gasteiger partial charge in [-0.2, -0.15) is 13.2 Å². The summed E-state index contributed by atoms with van der Waals surface area (Å²) in [5.41, 5.74) is 1.96. The minimum absolute atomic E-state index is 0.222. The number of hydrogen-bond donors (Lipinski definition) is 3. The highest BCUT2D eigenvalue weighted by Crippen LogP contribution is 2.29. The summed E-state index contributed by atoms with van der Waals surface area (Å²) in [4.78, 5) is 35.0. The van der Waals surface area contributed by atoms with Crippen LogP contribution in [0.1, 0.15) is 40.5 Å². The molecule has 32 heavy (non-hydrogen) atoms. The zero-order valence-electron chi connectivity index (χ0n) is 17.2. The van der Waals surface area contributed by atoms with E-state index in [0.717, 1.165) is 25.2 Å². The normalized spacial score (nSPS) is 15.9. The van der Waals surface area contributed by atoms with Gasteiger partial charge in [-0.05, 0) is 49.1 Å². The van der Waals surface area contributed by atoms with E-state index in [2.05, 4.69) is 17.1 Å². The number of aromatic carboxylic acids is 1. The monoisotopic (exact) mass is 452 g/mol. The maximum Gasteiger partial charge on any atom is 0.490 e. The molecule has 0 aromatic heterocycles. The number of anilines is 2. The van der Waals surface area contributed by atoms with Crippen molar-refractivity contribution in [3.63, 3.8) is 0 Å². The highest BCUT2D eigenvalue weighted by Gasteiger charge is 2.38. The number of benzene rings is 2. The van der Waals surface area contributed by atoms with E-state index < -0.39 is 18.1 Å². The summed E-state index contributed by atoms with van der Waals surface area (Å²) in [6.45, 7) is 3.90. The van der Waals surface area contributed by atoms with E-state index in [1.807, 2.05) is 6.07 Å². The van der Waals surface area contributed by atoms with Crippen LogP contribution in [0.2, 0.25) is 0 Å². The van der Waals surface area contributed by atoms with Gasteiger partial charge in [-0.25, -0.2) is 9.59 Å².